The number of nitrogen functional groups attached to an aromatic ring is 1. The first-order valence-electron chi connectivity index (χ1n) is 6.51. The molecule has 1 aromatic rings. The van der Waals surface area contributed by atoms with Crippen LogP contribution in [0.4, 0.5) is 17.3 Å². The molecule has 4 N–H and O–H groups in total. The van der Waals surface area contributed by atoms with Gasteiger partial charge in [-0.25, -0.2) is 15.8 Å². The molecule has 8 nitrogen and oxygen atoms in total. The zero-order valence-corrected chi connectivity index (χ0v) is 12.0. The van der Waals surface area contributed by atoms with E-state index in [0.29, 0.717) is 5.25 Å². The number of anilines is 2. The van der Waals surface area contributed by atoms with Gasteiger partial charge in [-0.05, 0) is 18.6 Å². The molecule has 1 fully saturated rings. The maximum atomic E-state index is 11.2. The van der Waals surface area contributed by atoms with E-state index in [-0.39, 0.29) is 23.4 Å². The number of nitrogens with zero attached hydrogens (tertiary/aromatic N) is 3. The second-order valence-electron chi connectivity index (χ2n) is 4.50. The third-order valence-corrected chi connectivity index (χ3v) is 4.62. The molecule has 110 valence electrons. The van der Waals surface area contributed by atoms with Gasteiger partial charge in [0.25, 0.3) is 0 Å². The van der Waals surface area contributed by atoms with Crippen LogP contribution in [0.2, 0.25) is 0 Å². The molecule has 1 aliphatic rings. The van der Waals surface area contributed by atoms with Crippen molar-refractivity contribution in [3.8, 4) is 0 Å². The van der Waals surface area contributed by atoms with Gasteiger partial charge in [0.05, 0.1) is 4.92 Å². The maximum Gasteiger partial charge on any atom is 0.354 e. The summed E-state index contributed by atoms with van der Waals surface area (Å²) in [5, 5.41) is 14.8. The Kier molecular flexibility index (Phi) is 4.96. The van der Waals surface area contributed by atoms with E-state index in [4.69, 9.17) is 5.84 Å². The van der Waals surface area contributed by atoms with Crippen molar-refractivity contribution in [2.24, 2.45) is 5.84 Å². The third-order valence-electron chi connectivity index (χ3n) is 3.30. The number of hydrogen-bond acceptors (Lipinski definition) is 8. The minimum atomic E-state index is -0.519. The van der Waals surface area contributed by atoms with E-state index in [1.807, 2.05) is 11.8 Å². The van der Waals surface area contributed by atoms with E-state index in [1.165, 1.54) is 6.33 Å². The number of rotatable bonds is 6. The van der Waals surface area contributed by atoms with Crippen LogP contribution in [0, 0.1) is 10.1 Å². The Morgan fingerprint density at radius 1 is 1.50 bits per heavy atom. The Balaban J connectivity index is 2.22. The number of aromatic nitrogens is 2. The molecule has 1 aliphatic carbocycles. The van der Waals surface area contributed by atoms with Crippen molar-refractivity contribution in [2.75, 3.05) is 16.5 Å². The molecule has 1 aromatic heterocycles. The van der Waals surface area contributed by atoms with Crippen LogP contribution in [0.3, 0.4) is 0 Å². The summed E-state index contributed by atoms with van der Waals surface area (Å²) in [4.78, 5) is 18.4. The van der Waals surface area contributed by atoms with Gasteiger partial charge in [0.2, 0.25) is 11.6 Å². The quantitative estimate of drug-likeness (QED) is 0.413. The van der Waals surface area contributed by atoms with Gasteiger partial charge in [-0.1, -0.05) is 13.3 Å². The molecule has 0 amide bonds. The van der Waals surface area contributed by atoms with Gasteiger partial charge in [0, 0.05) is 11.3 Å². The molecule has 0 aliphatic heterocycles. The first-order chi connectivity index (χ1) is 9.67. The molecular weight excluding hydrogens is 280 g/mol. The topological polar surface area (TPSA) is 119 Å². The van der Waals surface area contributed by atoms with Crippen LogP contribution in [0.5, 0.6) is 0 Å². The lowest BCUT2D eigenvalue weighted by Crippen LogP contribution is -2.27. The van der Waals surface area contributed by atoms with Gasteiger partial charge >= 0.3 is 5.69 Å². The standard InChI is InChI=1S/C11H18N6O2S/c1-2-20-8-5-3-4-7(8)15-10-9(17(18)19)11(16-12)14-6-13-10/h6-8H,2-5,12H2,1H3,(H2,13,14,15,16). The zero-order chi connectivity index (χ0) is 14.5. The fourth-order valence-electron chi connectivity index (χ4n) is 2.44. The van der Waals surface area contributed by atoms with Crippen LogP contribution in [0.15, 0.2) is 6.33 Å². The van der Waals surface area contributed by atoms with Gasteiger partial charge in [-0.15, -0.1) is 0 Å². The largest absolute Gasteiger partial charge is 0.360 e. The molecule has 0 aromatic carbocycles. The van der Waals surface area contributed by atoms with E-state index >= 15 is 0 Å². The minimum Gasteiger partial charge on any atom is -0.360 e. The van der Waals surface area contributed by atoms with Crippen LogP contribution in [-0.4, -0.2) is 31.9 Å². The average molecular weight is 298 g/mol. The van der Waals surface area contributed by atoms with E-state index in [2.05, 4.69) is 27.6 Å². The first-order valence-corrected chi connectivity index (χ1v) is 7.56. The summed E-state index contributed by atoms with van der Waals surface area (Å²) >= 11 is 1.87. The Bertz CT molecular complexity index is 486. The van der Waals surface area contributed by atoms with Crippen LogP contribution in [0.1, 0.15) is 26.2 Å². The molecule has 0 spiro atoms. The zero-order valence-electron chi connectivity index (χ0n) is 11.2. The molecule has 0 saturated heterocycles. The number of hydrogen-bond donors (Lipinski definition) is 3. The van der Waals surface area contributed by atoms with Crippen molar-refractivity contribution in [3.63, 3.8) is 0 Å². The Morgan fingerprint density at radius 2 is 2.25 bits per heavy atom. The molecule has 1 heterocycles. The Hall–Kier alpha value is -1.61. The predicted octanol–water partition coefficient (Wildman–Crippen LogP) is 1.76. The smallest absolute Gasteiger partial charge is 0.354 e. The number of hydrazine groups is 1. The van der Waals surface area contributed by atoms with Crippen molar-refractivity contribution in [1.29, 1.82) is 0 Å². The molecule has 0 radical (unpaired) electrons. The third kappa shape index (κ3) is 3.10. The predicted molar refractivity (Wildman–Crippen MR) is 79.7 cm³/mol. The highest BCUT2D eigenvalue weighted by molar-refractivity contribution is 7.99. The lowest BCUT2D eigenvalue weighted by molar-refractivity contribution is -0.383. The van der Waals surface area contributed by atoms with Gasteiger partial charge < -0.3 is 10.7 Å². The summed E-state index contributed by atoms with van der Waals surface area (Å²) in [6.45, 7) is 2.11. The van der Waals surface area contributed by atoms with Crippen molar-refractivity contribution in [1.82, 2.24) is 9.97 Å². The summed E-state index contributed by atoms with van der Waals surface area (Å²) in [7, 11) is 0. The fourth-order valence-corrected chi connectivity index (χ4v) is 3.64. The van der Waals surface area contributed by atoms with Crippen molar-refractivity contribution in [3.05, 3.63) is 16.4 Å². The number of nitrogens with one attached hydrogen (secondary N) is 2. The molecule has 2 unspecified atom stereocenters. The molecule has 2 rings (SSSR count). The van der Waals surface area contributed by atoms with Crippen LogP contribution < -0.4 is 16.6 Å². The number of nitro groups is 1. The Morgan fingerprint density at radius 3 is 2.90 bits per heavy atom. The lowest BCUT2D eigenvalue weighted by Gasteiger charge is -2.20. The first kappa shape index (κ1) is 14.8. The molecule has 2 atom stereocenters. The van der Waals surface area contributed by atoms with Crippen LogP contribution >= 0.6 is 11.8 Å². The second-order valence-corrected chi connectivity index (χ2v) is 6.01. The second kappa shape index (κ2) is 6.71. The maximum absolute atomic E-state index is 11.2. The summed E-state index contributed by atoms with van der Waals surface area (Å²) < 4.78 is 0. The van der Waals surface area contributed by atoms with Crippen LogP contribution in [0.25, 0.3) is 0 Å². The summed E-state index contributed by atoms with van der Waals surface area (Å²) in [5.74, 6) is 6.54. The number of thioether (sulfide) groups is 1. The monoisotopic (exact) mass is 298 g/mol. The summed E-state index contributed by atoms with van der Waals surface area (Å²) in [5.41, 5.74) is 2.03. The summed E-state index contributed by atoms with van der Waals surface area (Å²) in [6.07, 6.45) is 4.50. The average Bonchev–Trinajstić information content (AvgIpc) is 2.86. The fraction of sp³-hybridized carbons (Fsp3) is 0.636. The molecule has 20 heavy (non-hydrogen) atoms. The molecule has 0 bridgehead atoms. The van der Waals surface area contributed by atoms with Crippen molar-refractivity contribution < 1.29 is 4.92 Å². The van der Waals surface area contributed by atoms with Crippen molar-refractivity contribution >= 4 is 29.1 Å². The highest BCUT2D eigenvalue weighted by atomic mass is 32.2. The van der Waals surface area contributed by atoms with Gasteiger partial charge in [0.1, 0.15) is 6.33 Å². The molecular formula is C11H18N6O2S. The van der Waals surface area contributed by atoms with E-state index in [0.717, 1.165) is 25.0 Å². The van der Waals surface area contributed by atoms with E-state index in [9.17, 15) is 10.1 Å². The SMILES string of the molecule is CCSC1CCCC1Nc1ncnc(NN)c1[N+](=O)[O-]. The lowest BCUT2D eigenvalue weighted by atomic mass is 10.2. The van der Waals surface area contributed by atoms with Gasteiger partial charge in [-0.3, -0.25) is 10.1 Å². The van der Waals surface area contributed by atoms with Gasteiger partial charge in [0.15, 0.2) is 0 Å². The van der Waals surface area contributed by atoms with E-state index < -0.39 is 4.92 Å². The minimum absolute atomic E-state index is 0.0187. The highest BCUT2D eigenvalue weighted by Crippen LogP contribution is 2.35. The summed E-state index contributed by atoms with van der Waals surface area (Å²) in [6, 6.07) is 0.194. The van der Waals surface area contributed by atoms with Crippen molar-refractivity contribution in [2.45, 2.75) is 37.5 Å². The van der Waals surface area contributed by atoms with Gasteiger partial charge in [-0.2, -0.15) is 11.8 Å². The van der Waals surface area contributed by atoms with E-state index in [1.54, 1.807) is 0 Å². The normalized spacial score (nSPS) is 21.7. The Labute approximate surface area is 121 Å². The highest BCUT2D eigenvalue weighted by Gasteiger charge is 2.31. The van der Waals surface area contributed by atoms with Crippen LogP contribution in [-0.2, 0) is 0 Å². The molecule has 9 heteroatoms. The molecule has 1 saturated carbocycles. The number of nitrogens with two attached hydrogens (primary N) is 1.